The lowest BCUT2D eigenvalue weighted by atomic mass is 10.1. The molecule has 1 N–H and O–H groups in total. The smallest absolute Gasteiger partial charge is 0.270 e. The van der Waals surface area contributed by atoms with Crippen LogP contribution in [0.1, 0.15) is 35.5 Å². The summed E-state index contributed by atoms with van der Waals surface area (Å²) in [6.07, 6.45) is 2.30. The lowest BCUT2D eigenvalue weighted by Crippen LogP contribution is -2.40. The summed E-state index contributed by atoms with van der Waals surface area (Å²) in [7, 11) is 1.89. The van der Waals surface area contributed by atoms with Crippen LogP contribution in [0.15, 0.2) is 47.7 Å². The first kappa shape index (κ1) is 20.5. The summed E-state index contributed by atoms with van der Waals surface area (Å²) in [4.78, 5) is 26.6. The predicted octanol–water partition coefficient (Wildman–Crippen LogP) is 2.02. The Kier molecular flexibility index (Phi) is 5.66. The molecule has 1 aromatic carbocycles. The van der Waals surface area contributed by atoms with Gasteiger partial charge in [-0.3, -0.25) is 14.3 Å². The Hall–Kier alpha value is -3.75. The fourth-order valence-electron chi connectivity index (χ4n) is 3.70. The molecule has 0 fully saturated rings. The molecule has 0 unspecified atom stereocenters. The second kappa shape index (κ2) is 8.55. The molecule has 3 aromatic rings. The second-order valence-electron chi connectivity index (χ2n) is 7.60. The number of carbonyl (C=O) groups excluding carboxylic acids is 2. The number of aryl methyl sites for hydroxylation is 2. The highest BCUT2D eigenvalue weighted by molar-refractivity contribution is 6.39. The zero-order valence-corrected chi connectivity index (χ0v) is 17.9. The van der Waals surface area contributed by atoms with Crippen LogP contribution >= 0.6 is 0 Å². The summed E-state index contributed by atoms with van der Waals surface area (Å²) in [5.74, 6) is -0.382. The van der Waals surface area contributed by atoms with Crippen LogP contribution < -0.4 is 5.43 Å². The first-order valence-corrected chi connectivity index (χ1v) is 10.2. The summed E-state index contributed by atoms with van der Waals surface area (Å²) >= 11 is 0. The SMILES string of the molecule is Cc1nn(C)c(C)c1CN(Cc1ccnn1-c1ccccc1)C(=O)C1=NNC(=O)CC1. The first-order chi connectivity index (χ1) is 14.9. The maximum Gasteiger partial charge on any atom is 0.270 e. The number of para-hydroxylation sites is 1. The summed E-state index contributed by atoms with van der Waals surface area (Å²) in [5.41, 5.74) is 7.46. The number of hydrazone groups is 1. The van der Waals surface area contributed by atoms with Gasteiger partial charge < -0.3 is 4.90 Å². The van der Waals surface area contributed by atoms with E-state index in [4.69, 9.17) is 0 Å². The Bertz CT molecular complexity index is 1140. The van der Waals surface area contributed by atoms with Gasteiger partial charge in [0.1, 0.15) is 5.71 Å². The number of aromatic nitrogens is 4. The molecule has 0 bridgehead atoms. The zero-order chi connectivity index (χ0) is 22.0. The third-order valence-electron chi connectivity index (χ3n) is 5.52. The molecular weight excluding hydrogens is 394 g/mol. The lowest BCUT2D eigenvalue weighted by Gasteiger charge is -2.25. The first-order valence-electron chi connectivity index (χ1n) is 10.2. The van der Waals surface area contributed by atoms with Gasteiger partial charge in [-0.1, -0.05) is 18.2 Å². The van der Waals surface area contributed by atoms with Gasteiger partial charge >= 0.3 is 0 Å². The number of nitrogens with one attached hydrogen (secondary N) is 1. The van der Waals surface area contributed by atoms with E-state index < -0.39 is 0 Å². The van der Waals surface area contributed by atoms with Crippen LogP contribution in [0.2, 0.25) is 0 Å². The molecule has 0 saturated carbocycles. The molecule has 0 radical (unpaired) electrons. The third-order valence-corrected chi connectivity index (χ3v) is 5.52. The zero-order valence-electron chi connectivity index (χ0n) is 17.9. The third kappa shape index (κ3) is 4.25. The molecule has 0 aliphatic carbocycles. The van der Waals surface area contributed by atoms with Crippen LogP contribution in [0.5, 0.6) is 0 Å². The van der Waals surface area contributed by atoms with Gasteiger partial charge in [0.05, 0.1) is 30.2 Å². The van der Waals surface area contributed by atoms with Crippen molar-refractivity contribution >= 4 is 17.5 Å². The second-order valence-corrected chi connectivity index (χ2v) is 7.60. The Morgan fingerprint density at radius 3 is 2.55 bits per heavy atom. The summed E-state index contributed by atoms with van der Waals surface area (Å²) in [6.45, 7) is 4.66. The number of hydrogen-bond acceptors (Lipinski definition) is 5. The molecular formula is C22H25N7O2. The molecule has 0 spiro atoms. The van der Waals surface area contributed by atoms with Gasteiger partial charge in [0.25, 0.3) is 5.91 Å². The van der Waals surface area contributed by atoms with E-state index in [2.05, 4.69) is 20.7 Å². The summed E-state index contributed by atoms with van der Waals surface area (Å²) in [6, 6.07) is 11.7. The maximum absolute atomic E-state index is 13.4. The Morgan fingerprint density at radius 2 is 1.90 bits per heavy atom. The van der Waals surface area contributed by atoms with E-state index in [-0.39, 0.29) is 18.2 Å². The number of nitrogens with zero attached hydrogens (tertiary/aromatic N) is 6. The van der Waals surface area contributed by atoms with Crippen molar-refractivity contribution in [3.63, 3.8) is 0 Å². The van der Waals surface area contributed by atoms with Gasteiger partial charge in [0.15, 0.2) is 0 Å². The number of benzene rings is 1. The quantitative estimate of drug-likeness (QED) is 0.661. The number of rotatable bonds is 6. The number of hydrogen-bond donors (Lipinski definition) is 1. The Balaban J connectivity index is 1.67. The minimum atomic E-state index is -0.205. The van der Waals surface area contributed by atoms with E-state index in [1.807, 2.05) is 66.7 Å². The van der Waals surface area contributed by atoms with Crippen molar-refractivity contribution in [1.29, 1.82) is 0 Å². The molecule has 3 heterocycles. The van der Waals surface area contributed by atoms with E-state index in [1.54, 1.807) is 11.1 Å². The van der Waals surface area contributed by atoms with Gasteiger partial charge in [0, 0.05) is 37.3 Å². The van der Waals surface area contributed by atoms with Crippen LogP contribution in [0.3, 0.4) is 0 Å². The number of carbonyl (C=O) groups is 2. The highest BCUT2D eigenvalue weighted by Gasteiger charge is 2.26. The van der Waals surface area contributed by atoms with E-state index in [1.165, 1.54) is 0 Å². The Labute approximate surface area is 180 Å². The van der Waals surface area contributed by atoms with Crippen LogP contribution in [-0.4, -0.2) is 42.0 Å². The van der Waals surface area contributed by atoms with Gasteiger partial charge in [-0.25, -0.2) is 10.1 Å². The average molecular weight is 419 g/mol. The topological polar surface area (TPSA) is 97.4 Å². The van der Waals surface area contributed by atoms with Crippen molar-refractivity contribution in [2.24, 2.45) is 12.1 Å². The monoisotopic (exact) mass is 419 g/mol. The highest BCUT2D eigenvalue weighted by atomic mass is 16.2. The molecule has 9 nitrogen and oxygen atoms in total. The lowest BCUT2D eigenvalue weighted by molar-refractivity contribution is -0.125. The van der Waals surface area contributed by atoms with Gasteiger partial charge in [0.2, 0.25) is 5.91 Å². The van der Waals surface area contributed by atoms with Crippen molar-refractivity contribution in [3.8, 4) is 5.69 Å². The van der Waals surface area contributed by atoms with Crippen molar-refractivity contribution in [2.75, 3.05) is 0 Å². The fraction of sp³-hybridized carbons (Fsp3) is 0.318. The van der Waals surface area contributed by atoms with Gasteiger partial charge in [-0.2, -0.15) is 15.3 Å². The maximum atomic E-state index is 13.4. The van der Waals surface area contributed by atoms with Crippen molar-refractivity contribution in [2.45, 2.75) is 39.8 Å². The molecule has 0 saturated heterocycles. The van der Waals surface area contributed by atoms with Gasteiger partial charge in [-0.05, 0) is 32.0 Å². The minimum absolute atomic E-state index is 0.177. The summed E-state index contributed by atoms with van der Waals surface area (Å²) in [5, 5.41) is 12.9. The fourth-order valence-corrected chi connectivity index (χ4v) is 3.70. The standard InChI is InChI=1S/C22H25N7O2/c1-15-19(16(2)27(3)26-15)14-28(22(31)20-9-10-21(30)25-24-20)13-18-11-12-23-29(18)17-7-5-4-6-8-17/h4-8,11-12H,9-10,13-14H2,1-3H3,(H,25,30). The molecule has 4 rings (SSSR count). The van der Waals surface area contributed by atoms with E-state index in [0.29, 0.717) is 25.2 Å². The molecule has 1 aliphatic rings. The summed E-state index contributed by atoms with van der Waals surface area (Å²) < 4.78 is 3.65. The van der Waals surface area contributed by atoms with Crippen molar-refractivity contribution in [1.82, 2.24) is 29.9 Å². The van der Waals surface area contributed by atoms with Crippen molar-refractivity contribution < 1.29 is 9.59 Å². The van der Waals surface area contributed by atoms with Crippen LogP contribution in [0, 0.1) is 13.8 Å². The largest absolute Gasteiger partial charge is 0.327 e. The normalized spacial score (nSPS) is 13.6. The molecule has 2 aromatic heterocycles. The van der Waals surface area contributed by atoms with Gasteiger partial charge in [-0.15, -0.1) is 0 Å². The molecule has 2 amide bonds. The molecule has 9 heteroatoms. The number of amides is 2. The molecule has 160 valence electrons. The van der Waals surface area contributed by atoms with Crippen LogP contribution in [0.25, 0.3) is 5.69 Å². The van der Waals surface area contributed by atoms with E-state index >= 15 is 0 Å². The van der Waals surface area contributed by atoms with Crippen LogP contribution in [0.4, 0.5) is 0 Å². The predicted molar refractivity (Wildman–Crippen MR) is 115 cm³/mol. The Morgan fingerprint density at radius 1 is 1.13 bits per heavy atom. The molecule has 0 atom stereocenters. The minimum Gasteiger partial charge on any atom is -0.327 e. The van der Waals surface area contributed by atoms with E-state index in [9.17, 15) is 9.59 Å². The highest BCUT2D eigenvalue weighted by Crippen LogP contribution is 2.19. The molecule has 31 heavy (non-hydrogen) atoms. The van der Waals surface area contributed by atoms with Crippen LogP contribution in [-0.2, 0) is 29.7 Å². The van der Waals surface area contributed by atoms with Crippen molar-refractivity contribution in [3.05, 3.63) is 65.2 Å². The average Bonchev–Trinajstić information content (AvgIpc) is 3.33. The van der Waals surface area contributed by atoms with E-state index in [0.717, 1.165) is 28.3 Å². The molecule has 1 aliphatic heterocycles.